The highest BCUT2D eigenvalue weighted by atomic mass is 31.2. The van der Waals surface area contributed by atoms with Crippen LogP contribution in [0.1, 0.15) is 367 Å². The van der Waals surface area contributed by atoms with Gasteiger partial charge in [0.25, 0.3) is 7.82 Å². The molecule has 1 amide bonds. The van der Waals surface area contributed by atoms with E-state index in [1.807, 2.05) is 33.3 Å². The molecule has 0 aromatic heterocycles. The van der Waals surface area contributed by atoms with Crippen LogP contribution in [0.3, 0.4) is 0 Å². The summed E-state index contributed by atoms with van der Waals surface area (Å²) in [6.07, 6.45) is 86.4. The van der Waals surface area contributed by atoms with E-state index in [9.17, 15) is 19.0 Å². The van der Waals surface area contributed by atoms with E-state index < -0.39 is 26.6 Å². The molecule has 9 nitrogen and oxygen atoms in total. The fourth-order valence-corrected chi connectivity index (χ4v) is 11.9. The van der Waals surface area contributed by atoms with Crippen LogP contribution >= 0.6 is 7.82 Å². The number of likely N-dealkylation sites (N-methyl/N-ethyl adjacent to an activating group) is 1. The Balaban J connectivity index is 5.03. The minimum atomic E-state index is -4.71. The van der Waals surface area contributed by atoms with Crippen LogP contribution in [-0.2, 0) is 27.9 Å². The lowest BCUT2D eigenvalue weighted by molar-refractivity contribution is -0.870. The summed E-state index contributed by atoms with van der Waals surface area (Å²) in [4.78, 5) is 40.3. The van der Waals surface area contributed by atoms with E-state index in [2.05, 4.69) is 74.7 Å². The molecule has 0 fully saturated rings. The summed E-state index contributed by atoms with van der Waals surface area (Å²) in [7, 11) is 1.18. The highest BCUT2D eigenvalue weighted by molar-refractivity contribution is 7.45. The normalized spacial score (nSPS) is 13.8. The Hall–Kier alpha value is -2.29. The van der Waals surface area contributed by atoms with Gasteiger partial charge in [0.1, 0.15) is 19.3 Å². The summed E-state index contributed by atoms with van der Waals surface area (Å²) in [5.41, 5.74) is 0. The van der Waals surface area contributed by atoms with E-state index in [4.69, 9.17) is 13.8 Å². The lowest BCUT2D eigenvalue weighted by atomic mass is 10.0. The van der Waals surface area contributed by atoms with Gasteiger partial charge in [-0.3, -0.25) is 14.2 Å². The maximum atomic E-state index is 13.6. The quantitative estimate of drug-likeness (QED) is 0.0212. The molecule has 0 bridgehead atoms. The van der Waals surface area contributed by atoms with Crippen LogP contribution < -0.4 is 10.2 Å². The first-order valence-corrected chi connectivity index (χ1v) is 39.1. The Morgan fingerprint density at radius 2 is 0.701 bits per heavy atom. The van der Waals surface area contributed by atoms with Crippen molar-refractivity contribution in [2.45, 2.75) is 380 Å². The summed E-state index contributed by atoms with van der Waals surface area (Å²) >= 11 is 0. The van der Waals surface area contributed by atoms with Crippen LogP contribution in [-0.4, -0.2) is 69.4 Å². The third-order valence-electron chi connectivity index (χ3n) is 17.0. The van der Waals surface area contributed by atoms with Crippen molar-refractivity contribution >= 4 is 19.7 Å². The first-order valence-electron chi connectivity index (χ1n) is 37.6. The molecule has 10 heteroatoms. The molecule has 0 aliphatic heterocycles. The van der Waals surface area contributed by atoms with Crippen LogP contribution in [0, 0.1) is 0 Å². The molecular formula is C77H145N2O7P. The second-order valence-electron chi connectivity index (χ2n) is 26.8. The van der Waals surface area contributed by atoms with E-state index in [1.165, 1.54) is 238 Å². The summed E-state index contributed by atoms with van der Waals surface area (Å²) in [6, 6.07) is -0.900. The van der Waals surface area contributed by atoms with Crippen molar-refractivity contribution in [2.75, 3.05) is 40.9 Å². The number of esters is 1. The average Bonchev–Trinajstić information content (AvgIpc) is 3.69. The topological polar surface area (TPSA) is 114 Å². The van der Waals surface area contributed by atoms with Crippen LogP contribution in [0.15, 0.2) is 60.8 Å². The van der Waals surface area contributed by atoms with Crippen molar-refractivity contribution in [2.24, 2.45) is 0 Å². The Kier molecular flexibility index (Phi) is 64.9. The number of phosphoric ester groups is 1. The highest BCUT2D eigenvalue weighted by Gasteiger charge is 2.27. The molecule has 1 N–H and O–H groups in total. The maximum absolute atomic E-state index is 13.6. The second kappa shape index (κ2) is 66.6. The Bertz CT molecular complexity index is 1670. The number of phosphoric acid groups is 1. The van der Waals surface area contributed by atoms with Crippen molar-refractivity contribution in [3.63, 3.8) is 0 Å². The van der Waals surface area contributed by atoms with Gasteiger partial charge in [-0.25, -0.2) is 0 Å². The summed E-state index contributed by atoms with van der Waals surface area (Å²) in [5, 5.41) is 3.04. The number of carbonyl (C=O) groups is 2. The molecule has 87 heavy (non-hydrogen) atoms. The van der Waals surface area contributed by atoms with E-state index in [1.54, 1.807) is 0 Å². The van der Waals surface area contributed by atoms with Crippen molar-refractivity contribution in [3.8, 4) is 0 Å². The van der Waals surface area contributed by atoms with Gasteiger partial charge >= 0.3 is 5.97 Å². The highest BCUT2D eigenvalue weighted by Crippen LogP contribution is 2.38. The van der Waals surface area contributed by atoms with Gasteiger partial charge in [-0.1, -0.05) is 339 Å². The Labute approximate surface area is 541 Å². The predicted octanol–water partition coefficient (Wildman–Crippen LogP) is 23.5. The van der Waals surface area contributed by atoms with E-state index in [0.29, 0.717) is 17.4 Å². The van der Waals surface area contributed by atoms with Gasteiger partial charge in [-0.2, -0.15) is 0 Å². The zero-order valence-corrected chi connectivity index (χ0v) is 59.4. The Morgan fingerprint density at radius 1 is 0.402 bits per heavy atom. The number of nitrogens with one attached hydrogen (secondary N) is 1. The molecule has 510 valence electrons. The monoisotopic (exact) mass is 1240 g/mol. The van der Waals surface area contributed by atoms with Gasteiger partial charge < -0.3 is 28.5 Å². The van der Waals surface area contributed by atoms with Gasteiger partial charge in [-0.15, -0.1) is 0 Å². The first-order chi connectivity index (χ1) is 42.4. The maximum Gasteiger partial charge on any atom is 0.306 e. The van der Waals surface area contributed by atoms with Crippen LogP contribution in [0.2, 0.25) is 0 Å². The summed E-state index contributed by atoms with van der Waals surface area (Å²) in [6.45, 7) is 6.86. The number of rotatable bonds is 69. The number of ether oxygens (including phenoxy) is 1. The molecule has 0 aliphatic carbocycles. The van der Waals surface area contributed by atoms with Crippen molar-refractivity contribution < 1.29 is 37.3 Å². The lowest BCUT2D eigenvalue weighted by Crippen LogP contribution is -2.47. The number of hydrogen-bond donors (Lipinski definition) is 1. The molecule has 0 rings (SSSR count). The zero-order valence-electron chi connectivity index (χ0n) is 58.5. The minimum Gasteiger partial charge on any atom is -0.756 e. The van der Waals surface area contributed by atoms with E-state index >= 15 is 0 Å². The lowest BCUT2D eigenvalue weighted by Gasteiger charge is -2.30. The van der Waals surface area contributed by atoms with Crippen molar-refractivity contribution in [3.05, 3.63) is 60.8 Å². The van der Waals surface area contributed by atoms with Crippen LogP contribution in [0.4, 0.5) is 0 Å². The van der Waals surface area contributed by atoms with E-state index in [0.717, 1.165) is 96.3 Å². The molecule has 0 heterocycles. The number of unbranched alkanes of at least 4 members (excludes halogenated alkanes) is 45. The van der Waals surface area contributed by atoms with Crippen molar-refractivity contribution in [1.29, 1.82) is 0 Å². The minimum absolute atomic E-state index is 0.0260. The number of carbonyl (C=O) groups excluding carboxylic acids is 2. The number of hydrogen-bond acceptors (Lipinski definition) is 7. The summed E-state index contributed by atoms with van der Waals surface area (Å²) in [5.74, 6) is -0.546. The number of nitrogens with zero attached hydrogens (tertiary/aromatic N) is 1. The molecule has 0 aliphatic rings. The van der Waals surface area contributed by atoms with E-state index in [-0.39, 0.29) is 24.9 Å². The average molecular weight is 1240 g/mol. The molecule has 0 aromatic carbocycles. The van der Waals surface area contributed by atoms with Gasteiger partial charge in [0.05, 0.1) is 33.8 Å². The zero-order chi connectivity index (χ0) is 63.5. The van der Waals surface area contributed by atoms with Crippen LogP contribution in [0.5, 0.6) is 0 Å². The van der Waals surface area contributed by atoms with Crippen molar-refractivity contribution in [1.82, 2.24) is 5.32 Å². The third-order valence-corrected chi connectivity index (χ3v) is 17.9. The molecule has 0 saturated heterocycles. The number of allylic oxidation sites excluding steroid dienone is 9. The molecule has 0 saturated carbocycles. The second-order valence-corrected chi connectivity index (χ2v) is 28.2. The molecular weight excluding hydrogens is 1100 g/mol. The van der Waals surface area contributed by atoms with Gasteiger partial charge in [0.15, 0.2) is 0 Å². The third kappa shape index (κ3) is 67.9. The fourth-order valence-electron chi connectivity index (χ4n) is 11.2. The van der Waals surface area contributed by atoms with Gasteiger partial charge in [0.2, 0.25) is 5.91 Å². The number of amides is 1. The SMILES string of the molecule is CCCCC/C=C\C/C=C\C/C=C\C/C=C\CCCCCCCC(=O)NC(COP(=O)([O-])OCC[N+](C)(C)C)C(/C=C\CCCCCCCCCCCCC)OC(=O)CCCCCCCCCCCCCCCCCCCCCCCCCCCCC. The molecule has 3 atom stereocenters. The molecule has 0 radical (unpaired) electrons. The fraction of sp³-hybridized carbons (Fsp3) is 0.844. The van der Waals surface area contributed by atoms with Gasteiger partial charge in [0, 0.05) is 12.8 Å². The standard InChI is InChI=1S/C77H145N2O7P/c1-7-10-13-16-19-22-25-28-30-32-34-36-37-38-39-40-41-43-45-47-49-52-55-58-61-64-67-70-77(81)86-75(68-65-62-59-56-53-50-27-24-21-18-15-12-9-3)74(73-85-87(82,83)84-72-71-79(4,5)6)78-76(80)69-66-63-60-57-54-51-48-46-44-42-35-33-31-29-26-23-20-17-14-11-8-2/h20,23,29,31,35,42,46,48,65,68,74-75H,7-19,21-22,24-28,30,32-34,36-41,43-45,47,49-64,66-67,69-73H2,1-6H3,(H-,78,80,82,83)/b23-20-,31-29-,42-35-,48-46-,68-65-. The smallest absolute Gasteiger partial charge is 0.306 e. The summed E-state index contributed by atoms with van der Waals surface area (Å²) < 4.78 is 30.5. The molecule has 0 aromatic rings. The molecule has 0 spiro atoms. The van der Waals surface area contributed by atoms with Gasteiger partial charge in [-0.05, 0) is 76.7 Å². The Morgan fingerprint density at radius 3 is 1.07 bits per heavy atom. The largest absolute Gasteiger partial charge is 0.756 e. The van der Waals surface area contributed by atoms with Crippen LogP contribution in [0.25, 0.3) is 0 Å². The number of quaternary nitrogens is 1. The predicted molar refractivity (Wildman–Crippen MR) is 376 cm³/mol. The molecule has 3 unspecified atom stereocenters. The first kappa shape index (κ1) is 84.7.